The molecule has 27 heavy (non-hydrogen) atoms. The van der Waals surface area contributed by atoms with E-state index in [0.29, 0.717) is 10.7 Å². The zero-order valence-electron chi connectivity index (χ0n) is 15.2. The quantitative estimate of drug-likeness (QED) is 0.508. The van der Waals surface area contributed by atoms with E-state index in [1.54, 1.807) is 37.1 Å². The molecule has 0 aliphatic heterocycles. The molecule has 4 aromatic heterocycles. The highest BCUT2D eigenvalue weighted by molar-refractivity contribution is 6.30. The number of halogens is 1. The molecule has 0 spiro atoms. The zero-order valence-corrected chi connectivity index (χ0v) is 16.0. The van der Waals surface area contributed by atoms with Gasteiger partial charge in [0.05, 0.1) is 23.4 Å². The molecule has 0 N–H and O–H groups in total. The van der Waals surface area contributed by atoms with E-state index in [9.17, 15) is 4.79 Å². The number of imidazole rings is 1. The van der Waals surface area contributed by atoms with Gasteiger partial charge in [0.15, 0.2) is 0 Å². The van der Waals surface area contributed by atoms with Crippen molar-refractivity contribution < 1.29 is 0 Å². The van der Waals surface area contributed by atoms with E-state index in [1.165, 1.54) is 0 Å². The Morgan fingerprint density at radius 2 is 2.00 bits per heavy atom. The summed E-state index contributed by atoms with van der Waals surface area (Å²) in [6.07, 6.45) is 5.24. The monoisotopic (exact) mass is 379 g/mol. The van der Waals surface area contributed by atoms with Crippen molar-refractivity contribution in [1.82, 2.24) is 24.1 Å². The Morgan fingerprint density at radius 3 is 2.70 bits per heavy atom. The van der Waals surface area contributed by atoms with E-state index >= 15 is 0 Å². The highest BCUT2D eigenvalue weighted by Gasteiger charge is 2.20. The van der Waals surface area contributed by atoms with Crippen molar-refractivity contribution in [2.24, 2.45) is 7.05 Å². The van der Waals surface area contributed by atoms with E-state index in [1.807, 2.05) is 30.3 Å². The molecule has 0 radical (unpaired) electrons. The van der Waals surface area contributed by atoms with Crippen molar-refractivity contribution >= 4 is 22.6 Å². The lowest BCUT2D eigenvalue weighted by Crippen LogP contribution is -2.19. The molecule has 4 aromatic rings. The van der Waals surface area contributed by atoms with Crippen molar-refractivity contribution in [3.8, 4) is 11.4 Å². The summed E-state index contributed by atoms with van der Waals surface area (Å²) >= 11 is 6.15. The fourth-order valence-electron chi connectivity index (χ4n) is 3.33. The van der Waals surface area contributed by atoms with Gasteiger partial charge in [0.25, 0.3) is 5.56 Å². The van der Waals surface area contributed by atoms with Gasteiger partial charge in [-0.25, -0.2) is 9.97 Å². The van der Waals surface area contributed by atoms with Gasteiger partial charge in [-0.05, 0) is 32.0 Å². The van der Waals surface area contributed by atoms with Crippen LogP contribution in [0.2, 0.25) is 5.15 Å². The third-order valence-corrected chi connectivity index (χ3v) is 4.87. The van der Waals surface area contributed by atoms with Crippen LogP contribution in [0.3, 0.4) is 0 Å². The molecule has 0 bridgehead atoms. The second-order valence-corrected chi connectivity index (χ2v) is 6.95. The normalized spacial score (nSPS) is 12.4. The fourth-order valence-corrected chi connectivity index (χ4v) is 3.48. The van der Waals surface area contributed by atoms with E-state index in [4.69, 9.17) is 16.6 Å². The molecule has 0 aliphatic rings. The van der Waals surface area contributed by atoms with Gasteiger partial charge in [-0.15, -0.1) is 0 Å². The molecular formula is C20H18ClN5O. The minimum atomic E-state index is -0.0813. The topological polar surface area (TPSA) is 65.6 Å². The summed E-state index contributed by atoms with van der Waals surface area (Å²) in [6, 6.07) is 9.42. The summed E-state index contributed by atoms with van der Waals surface area (Å²) in [4.78, 5) is 25.5. The largest absolute Gasteiger partial charge is 0.318 e. The molecule has 0 saturated heterocycles. The predicted molar refractivity (Wildman–Crippen MR) is 106 cm³/mol. The van der Waals surface area contributed by atoms with Gasteiger partial charge >= 0.3 is 0 Å². The van der Waals surface area contributed by atoms with Crippen molar-refractivity contribution in [2.45, 2.75) is 19.9 Å². The lowest BCUT2D eigenvalue weighted by molar-refractivity contribution is 0.644. The SMILES string of the molecule is Cc1cc(-c2nc3cnc(Cl)cc3n2C(C)c2ccccn2)cn(C)c1=O. The maximum Gasteiger partial charge on any atom is 0.253 e. The summed E-state index contributed by atoms with van der Waals surface area (Å²) in [7, 11) is 1.74. The number of pyridine rings is 3. The Hall–Kier alpha value is -2.99. The van der Waals surface area contributed by atoms with E-state index in [-0.39, 0.29) is 11.6 Å². The zero-order chi connectivity index (χ0) is 19.1. The highest BCUT2D eigenvalue weighted by atomic mass is 35.5. The van der Waals surface area contributed by atoms with Crippen LogP contribution in [-0.4, -0.2) is 24.1 Å². The van der Waals surface area contributed by atoms with Gasteiger partial charge in [-0.1, -0.05) is 17.7 Å². The van der Waals surface area contributed by atoms with Crippen LogP contribution in [0.25, 0.3) is 22.4 Å². The molecule has 7 heteroatoms. The van der Waals surface area contributed by atoms with E-state index in [2.05, 4.69) is 21.5 Å². The minimum absolute atomic E-state index is 0.0242. The van der Waals surface area contributed by atoms with Crippen LogP contribution >= 0.6 is 11.6 Å². The first-order valence-corrected chi connectivity index (χ1v) is 8.95. The Labute approximate surface area is 161 Å². The maximum atomic E-state index is 12.1. The van der Waals surface area contributed by atoms with Crippen LogP contribution in [0, 0.1) is 6.92 Å². The lowest BCUT2D eigenvalue weighted by Gasteiger charge is -2.18. The summed E-state index contributed by atoms with van der Waals surface area (Å²) in [5.41, 5.74) is 4.01. The molecule has 4 heterocycles. The predicted octanol–water partition coefficient (Wildman–Crippen LogP) is 3.76. The van der Waals surface area contributed by atoms with Crippen molar-refractivity contribution in [1.29, 1.82) is 0 Å². The third-order valence-electron chi connectivity index (χ3n) is 4.67. The average molecular weight is 380 g/mol. The fraction of sp³-hybridized carbons (Fsp3) is 0.200. The second kappa shape index (κ2) is 6.63. The molecule has 136 valence electrons. The van der Waals surface area contributed by atoms with Crippen LogP contribution in [0.15, 0.2) is 53.7 Å². The smallest absolute Gasteiger partial charge is 0.253 e. The van der Waals surface area contributed by atoms with Gasteiger partial charge < -0.3 is 9.13 Å². The van der Waals surface area contributed by atoms with Crippen molar-refractivity contribution in [3.63, 3.8) is 0 Å². The first-order valence-electron chi connectivity index (χ1n) is 8.58. The Bertz CT molecular complexity index is 1170. The Kier molecular flexibility index (Phi) is 4.28. The van der Waals surface area contributed by atoms with Gasteiger partial charge in [-0.3, -0.25) is 9.78 Å². The third kappa shape index (κ3) is 3.02. The maximum absolute atomic E-state index is 12.1. The standard InChI is InChI=1S/C20H18ClN5O/c1-12-8-14(11-25(3)20(12)27)19-24-16-10-23-18(21)9-17(16)26(19)13(2)15-6-4-5-7-22-15/h4-11,13H,1-3H3. The molecule has 0 aliphatic carbocycles. The molecule has 0 saturated carbocycles. The molecule has 6 nitrogen and oxygen atoms in total. The van der Waals surface area contributed by atoms with Crippen molar-refractivity contribution in [2.75, 3.05) is 0 Å². The number of hydrogen-bond donors (Lipinski definition) is 0. The summed E-state index contributed by atoms with van der Waals surface area (Å²) < 4.78 is 3.66. The molecule has 0 aromatic carbocycles. The molecule has 1 unspecified atom stereocenters. The molecular weight excluding hydrogens is 362 g/mol. The van der Waals surface area contributed by atoms with Gasteiger partial charge in [-0.2, -0.15) is 0 Å². The highest BCUT2D eigenvalue weighted by Crippen LogP contribution is 2.31. The van der Waals surface area contributed by atoms with Crippen LogP contribution in [-0.2, 0) is 7.05 Å². The number of rotatable bonds is 3. The Balaban J connectivity index is 2.02. The number of fused-ring (bicyclic) bond motifs is 1. The summed E-state index contributed by atoms with van der Waals surface area (Å²) in [5.74, 6) is 0.742. The molecule has 1 atom stereocenters. The van der Waals surface area contributed by atoms with Crippen LogP contribution in [0.1, 0.15) is 24.2 Å². The number of hydrogen-bond acceptors (Lipinski definition) is 4. The van der Waals surface area contributed by atoms with Crippen LogP contribution < -0.4 is 5.56 Å². The second-order valence-electron chi connectivity index (χ2n) is 6.56. The molecule has 0 amide bonds. The number of nitrogens with zero attached hydrogens (tertiary/aromatic N) is 5. The van der Waals surface area contributed by atoms with Crippen LogP contribution in [0.4, 0.5) is 0 Å². The minimum Gasteiger partial charge on any atom is -0.318 e. The molecule has 0 fully saturated rings. The first kappa shape index (κ1) is 17.4. The lowest BCUT2D eigenvalue weighted by atomic mass is 10.1. The molecule has 4 rings (SSSR count). The van der Waals surface area contributed by atoms with Crippen LogP contribution in [0.5, 0.6) is 0 Å². The van der Waals surface area contributed by atoms with Gasteiger partial charge in [0, 0.05) is 36.6 Å². The first-order chi connectivity index (χ1) is 13.0. The summed E-state index contributed by atoms with van der Waals surface area (Å²) in [5, 5.41) is 0.403. The van der Waals surface area contributed by atoms with Crippen molar-refractivity contribution in [3.05, 3.63) is 75.7 Å². The summed E-state index contributed by atoms with van der Waals surface area (Å²) in [6.45, 7) is 3.87. The van der Waals surface area contributed by atoms with Gasteiger partial charge in [0.1, 0.15) is 16.5 Å². The van der Waals surface area contributed by atoms with E-state index < -0.39 is 0 Å². The van der Waals surface area contributed by atoms with E-state index in [0.717, 1.165) is 28.1 Å². The Morgan fingerprint density at radius 1 is 1.19 bits per heavy atom. The average Bonchev–Trinajstić information content (AvgIpc) is 3.04. The number of aromatic nitrogens is 5. The van der Waals surface area contributed by atoms with Gasteiger partial charge in [0.2, 0.25) is 0 Å². The number of aryl methyl sites for hydroxylation is 2.